The van der Waals surface area contributed by atoms with E-state index in [1.807, 2.05) is 27.7 Å². The van der Waals surface area contributed by atoms with Crippen molar-refractivity contribution in [3.8, 4) is 0 Å². The molecule has 5 rings (SSSR count). The number of carbonyl (C=O) groups excluding carboxylic acids is 4. The van der Waals surface area contributed by atoms with Gasteiger partial charge in [0.25, 0.3) is 17.5 Å². The van der Waals surface area contributed by atoms with E-state index in [1.54, 1.807) is 66.1 Å². The molecule has 0 aliphatic heterocycles. The van der Waals surface area contributed by atoms with Crippen LogP contribution >= 0.6 is 0 Å². The van der Waals surface area contributed by atoms with Crippen LogP contribution in [0.3, 0.4) is 0 Å². The summed E-state index contributed by atoms with van der Waals surface area (Å²) in [6.45, 7) is 7.50. The molecule has 3 aromatic carbocycles. The monoisotopic (exact) mass is 676 g/mol. The third-order valence-electron chi connectivity index (χ3n) is 8.14. The van der Waals surface area contributed by atoms with Gasteiger partial charge in [0.2, 0.25) is 11.8 Å². The number of para-hydroxylation sites is 2. The van der Waals surface area contributed by atoms with Crippen LogP contribution in [0.5, 0.6) is 0 Å². The zero-order valence-corrected chi connectivity index (χ0v) is 28.1. The fourth-order valence-electron chi connectivity index (χ4n) is 6.36. The number of amides is 4. The highest BCUT2D eigenvalue weighted by molar-refractivity contribution is 6.20. The largest absolute Gasteiger partial charge is 0.321 e. The lowest BCUT2D eigenvalue weighted by Crippen LogP contribution is -2.46. The van der Waals surface area contributed by atoms with Gasteiger partial charge in [0.15, 0.2) is 0 Å². The van der Waals surface area contributed by atoms with Crippen LogP contribution in [0.15, 0.2) is 85.2 Å². The molecule has 0 aliphatic carbocycles. The maximum absolute atomic E-state index is 17.3. The van der Waals surface area contributed by atoms with E-state index in [4.69, 9.17) is 5.21 Å². The number of rotatable bonds is 12. The number of benzene rings is 2. The Morgan fingerprint density at radius 3 is 1.66 bits per heavy atom. The Bertz CT molecular complexity index is 1960. The van der Waals surface area contributed by atoms with Crippen molar-refractivity contribution in [1.82, 2.24) is 15.4 Å². The average molecular weight is 677 g/mol. The summed E-state index contributed by atoms with van der Waals surface area (Å²) in [5.74, 6) is -3.47. The molecule has 0 unspecified atom stereocenters. The van der Waals surface area contributed by atoms with Crippen molar-refractivity contribution in [2.24, 2.45) is 10.8 Å². The van der Waals surface area contributed by atoms with E-state index in [0.29, 0.717) is 28.2 Å². The lowest BCUT2D eigenvalue weighted by molar-refractivity contribution is -0.140. The molecular weight excluding hydrogens is 639 g/mol. The molecule has 0 saturated carbocycles. The minimum Gasteiger partial charge on any atom is -0.321 e. The van der Waals surface area contributed by atoms with E-state index in [1.165, 1.54) is 24.5 Å². The number of hydroxylamine groups is 1. The van der Waals surface area contributed by atoms with Gasteiger partial charge in [-0.3, -0.25) is 34.4 Å². The molecule has 4 amide bonds. The van der Waals surface area contributed by atoms with Crippen molar-refractivity contribution in [2.75, 3.05) is 16.0 Å². The number of hydrogen-bond acceptors (Lipinski definition) is 7. The van der Waals surface area contributed by atoms with Crippen LogP contribution in [0.25, 0.3) is 21.8 Å². The Morgan fingerprint density at radius 2 is 1.18 bits per heavy atom. The average Bonchev–Trinajstić information content (AvgIpc) is 3.07. The molecule has 256 valence electrons. The topological polar surface area (TPSA) is 162 Å². The Hall–Kier alpha value is -5.93. The van der Waals surface area contributed by atoms with Gasteiger partial charge in [0.05, 0.1) is 33.7 Å². The summed E-state index contributed by atoms with van der Waals surface area (Å²) in [7, 11) is 0. The number of aromatic nitrogens is 2. The molecule has 2 aromatic heterocycles. The number of fused-ring (bicyclic) bond motifs is 2. The van der Waals surface area contributed by atoms with Gasteiger partial charge in [0.1, 0.15) is 0 Å². The molecular formula is C38H37FN6O5. The Kier molecular flexibility index (Phi) is 10.1. The first-order chi connectivity index (χ1) is 23.7. The number of nitrogens with zero attached hydrogens (tertiary/aromatic N) is 2. The fraction of sp³-hybridized carbons (Fsp3) is 0.263. The minimum absolute atomic E-state index is 0.0684. The standard InChI is InChI=1S/C38H37FN6O5/c1-36(2,23-37(3,4)22-31(47)45-50)21-30(46)42-27-17-15-26(16-18-27)38(39,34(48)43-28-13-5-9-24-11-7-19-40-32(24)28)35(49)44-29-14-6-10-25-12-8-20-41-33(25)29/h5-15,17,19-20,50H,21-23H2,1-4H3,(H,42,46)(H,43,48)(H,44,49)(H,45,47). The highest BCUT2D eigenvalue weighted by atomic mass is 19.1. The summed E-state index contributed by atoms with van der Waals surface area (Å²) in [5, 5.41) is 18.1. The van der Waals surface area contributed by atoms with E-state index in [2.05, 4.69) is 38.1 Å². The molecule has 12 heteroatoms. The highest BCUT2D eigenvalue weighted by Crippen LogP contribution is 2.39. The van der Waals surface area contributed by atoms with E-state index < -0.39 is 39.8 Å². The third-order valence-corrected chi connectivity index (χ3v) is 8.14. The van der Waals surface area contributed by atoms with Gasteiger partial charge in [-0.1, -0.05) is 70.2 Å². The van der Waals surface area contributed by atoms with Crippen LogP contribution < -0.4 is 21.4 Å². The lowest BCUT2D eigenvalue weighted by atomic mass is 9.71. The van der Waals surface area contributed by atoms with Crippen LogP contribution in [0.2, 0.25) is 0 Å². The van der Waals surface area contributed by atoms with Gasteiger partial charge < -0.3 is 16.0 Å². The van der Waals surface area contributed by atoms with E-state index >= 15 is 4.39 Å². The summed E-state index contributed by atoms with van der Waals surface area (Å²) in [6, 6.07) is 24.8. The van der Waals surface area contributed by atoms with Crippen molar-refractivity contribution >= 4 is 62.5 Å². The molecule has 2 heterocycles. The second-order valence-electron chi connectivity index (χ2n) is 13.7. The second kappa shape index (κ2) is 14.3. The van der Waals surface area contributed by atoms with Gasteiger partial charge >= 0.3 is 0 Å². The number of hydrogen-bond donors (Lipinski definition) is 5. The number of pyridine rings is 2. The van der Waals surface area contributed by atoms with Crippen molar-refractivity contribution in [3.63, 3.8) is 0 Å². The van der Waals surface area contributed by atoms with Crippen LogP contribution in [0, 0.1) is 23.0 Å². The summed E-state index contributed by atoms with van der Waals surface area (Å²) < 4.78 is 17.3. The normalized spacial score (nSPS) is 11.8. The first-order valence-electron chi connectivity index (χ1n) is 15.9. The van der Waals surface area contributed by atoms with Gasteiger partial charge in [-0.25, -0.2) is 9.87 Å². The highest BCUT2D eigenvalue weighted by Gasteiger charge is 2.49. The number of alkyl halides is 1. The molecule has 5 N–H and O–H groups in total. The zero-order chi connectivity index (χ0) is 36.1. The Balaban J connectivity index is 1.40. The van der Waals surface area contributed by atoms with E-state index in [0.717, 1.165) is 0 Å². The maximum Gasteiger partial charge on any atom is 0.298 e. The third kappa shape index (κ3) is 8.02. The lowest BCUT2D eigenvalue weighted by Gasteiger charge is -2.34. The molecule has 11 nitrogen and oxygen atoms in total. The second-order valence-corrected chi connectivity index (χ2v) is 13.7. The van der Waals surface area contributed by atoms with E-state index in [9.17, 15) is 19.2 Å². The van der Waals surface area contributed by atoms with Crippen LogP contribution in [-0.2, 0) is 24.8 Å². The summed E-state index contributed by atoms with van der Waals surface area (Å²) >= 11 is 0. The summed E-state index contributed by atoms with van der Waals surface area (Å²) in [6.07, 6.45) is 3.70. The molecule has 50 heavy (non-hydrogen) atoms. The van der Waals surface area contributed by atoms with Crippen molar-refractivity contribution < 1.29 is 28.8 Å². The van der Waals surface area contributed by atoms with Gasteiger partial charge in [-0.2, -0.15) is 0 Å². The quantitative estimate of drug-likeness (QED) is 0.0573. The summed E-state index contributed by atoms with van der Waals surface area (Å²) in [5.41, 5.74) is -1.82. The van der Waals surface area contributed by atoms with Gasteiger partial charge in [-0.05, 0) is 59.7 Å². The fourth-order valence-corrected chi connectivity index (χ4v) is 6.36. The maximum atomic E-state index is 17.3. The number of nitrogens with one attached hydrogen (secondary N) is 4. The molecule has 0 bridgehead atoms. The number of anilines is 3. The van der Waals surface area contributed by atoms with E-state index in [-0.39, 0.29) is 35.8 Å². The van der Waals surface area contributed by atoms with Crippen LogP contribution in [-0.4, -0.2) is 38.8 Å². The van der Waals surface area contributed by atoms with Crippen molar-refractivity contribution in [1.29, 1.82) is 0 Å². The van der Waals surface area contributed by atoms with Gasteiger partial charge in [-0.15, -0.1) is 0 Å². The van der Waals surface area contributed by atoms with Crippen molar-refractivity contribution in [3.05, 3.63) is 103 Å². The Labute approximate surface area is 288 Å². The molecule has 0 fully saturated rings. The molecule has 5 aromatic rings. The molecule has 0 aliphatic rings. The Morgan fingerprint density at radius 1 is 0.680 bits per heavy atom. The predicted molar refractivity (Wildman–Crippen MR) is 188 cm³/mol. The number of halogens is 1. The SMILES string of the molecule is CC(C)(CC(=O)NO)CC(C)(C)CC(=O)Nc1c#cc(C(F)(C(=O)Nc2cccc3cccnc23)C(=O)Nc2cccc3cccnc23)cc1. The first kappa shape index (κ1) is 35.4. The molecule has 0 saturated heterocycles. The van der Waals surface area contributed by atoms with Gasteiger partial charge in [0, 0.05) is 36.0 Å². The first-order valence-corrected chi connectivity index (χ1v) is 15.9. The summed E-state index contributed by atoms with van der Waals surface area (Å²) in [4.78, 5) is 61.1. The van der Waals surface area contributed by atoms with Crippen molar-refractivity contribution in [2.45, 2.75) is 52.6 Å². The minimum atomic E-state index is -3.32. The molecule has 0 radical (unpaired) electrons. The predicted octanol–water partition coefficient (Wildman–Crippen LogP) is 6.49. The molecule has 0 atom stereocenters. The number of carbonyl (C=O) groups is 4. The smallest absolute Gasteiger partial charge is 0.298 e. The zero-order valence-electron chi connectivity index (χ0n) is 28.1. The van der Waals surface area contributed by atoms with Crippen LogP contribution in [0.4, 0.5) is 21.5 Å². The van der Waals surface area contributed by atoms with Crippen LogP contribution in [0.1, 0.15) is 52.5 Å². The molecule has 0 spiro atoms.